The lowest BCUT2D eigenvalue weighted by molar-refractivity contribution is -0.177. The van der Waals surface area contributed by atoms with E-state index >= 15 is 19.2 Å². The summed E-state index contributed by atoms with van der Waals surface area (Å²) in [5.41, 5.74) is -0.658. The minimum Gasteiger partial charge on any atom is -0.465 e. The van der Waals surface area contributed by atoms with Crippen molar-refractivity contribution in [1.29, 1.82) is 0 Å². The number of fused-ring (bicyclic) bond motifs is 1. The molecule has 0 spiro atoms. The highest BCUT2D eigenvalue weighted by Gasteiger charge is 2.48. The Morgan fingerprint density at radius 2 is 1.17 bits per heavy atom. The van der Waals surface area contributed by atoms with Gasteiger partial charge >= 0.3 is 11.9 Å². The first-order chi connectivity index (χ1) is 40.5. The summed E-state index contributed by atoms with van der Waals surface area (Å²) in [4.78, 5) is 154. The minimum absolute atomic E-state index is 0.00498. The maximum Gasteiger partial charge on any atom is 0.332 e. The fourth-order valence-corrected chi connectivity index (χ4v) is 11.4. The van der Waals surface area contributed by atoms with E-state index in [2.05, 4.69) is 16.0 Å². The lowest BCUT2D eigenvalue weighted by Gasteiger charge is -2.39. The van der Waals surface area contributed by atoms with Crippen LogP contribution >= 0.6 is 0 Å². The molecule has 0 radical (unpaired) electrons. The van der Waals surface area contributed by atoms with Gasteiger partial charge in [0.1, 0.15) is 42.3 Å². The summed E-state index contributed by atoms with van der Waals surface area (Å²) in [5, 5.41) is 20.3. The van der Waals surface area contributed by atoms with E-state index in [0.717, 1.165) is 16.2 Å². The minimum atomic E-state index is -2.01. The second-order valence-corrected chi connectivity index (χ2v) is 24.8. The number of allylic oxidation sites excluding steroid dienone is 1. The number of hydrogen-bond donors (Lipinski definition) is 4. The van der Waals surface area contributed by atoms with Gasteiger partial charge in [0.05, 0.1) is 12.2 Å². The lowest BCUT2D eigenvalue weighted by Crippen LogP contribution is -2.62. The van der Waals surface area contributed by atoms with Crippen LogP contribution in [0.2, 0.25) is 0 Å². The highest BCUT2D eigenvalue weighted by atomic mass is 16.6. The zero-order valence-corrected chi connectivity index (χ0v) is 53.5. The second kappa shape index (κ2) is 33.1. The van der Waals surface area contributed by atoms with E-state index in [-0.39, 0.29) is 57.6 Å². The van der Waals surface area contributed by atoms with Crippen molar-refractivity contribution in [2.24, 2.45) is 23.7 Å². The van der Waals surface area contributed by atoms with E-state index in [1.807, 2.05) is 39.0 Å². The molecule has 2 aliphatic rings. The van der Waals surface area contributed by atoms with Gasteiger partial charge in [0.2, 0.25) is 41.4 Å². The van der Waals surface area contributed by atoms with Crippen molar-refractivity contribution < 1.29 is 62.5 Å². The third-order valence-corrected chi connectivity index (χ3v) is 16.2. The zero-order valence-electron chi connectivity index (χ0n) is 53.5. The summed E-state index contributed by atoms with van der Waals surface area (Å²) in [6.07, 6.45) is 3.79. The number of hydrogen-bond acceptors (Lipinski definition) is 13. The molecular formula is C65H98N8O13. The number of carbonyl (C=O) groups is 10. The summed E-state index contributed by atoms with van der Waals surface area (Å²) >= 11 is 0. The molecule has 86 heavy (non-hydrogen) atoms. The maximum atomic E-state index is 15.4. The monoisotopic (exact) mass is 1200 g/mol. The summed E-state index contributed by atoms with van der Waals surface area (Å²) in [6.45, 7) is 18.7. The van der Waals surface area contributed by atoms with E-state index in [0.29, 0.717) is 30.4 Å². The lowest BCUT2D eigenvalue weighted by atomic mass is 9.94. The van der Waals surface area contributed by atoms with Crippen molar-refractivity contribution in [3.05, 3.63) is 83.9 Å². The number of nitrogens with zero attached hydrogens (tertiary/aromatic N) is 5. The number of nitrogens with one attached hydrogen (secondary N) is 3. The highest BCUT2D eigenvalue weighted by molar-refractivity contribution is 5.99. The van der Waals surface area contributed by atoms with Gasteiger partial charge in [-0.25, -0.2) is 4.79 Å². The standard InChI is InChI=1S/C65H98N8O13/c1-16-18-19-26-36-85-51(74)34-33-46-59(78)70(13)52(41(5)6)57(76)67-47(37-40(3)4)61(80)72(15)55(65(10,11)84)64(83)86-54(43(9)17-2)63(82)71(14)53(42(7)8)58(77)68-48(38-44-28-22-20-23-29-44)60(79)69(12)50(39-45-30-24-21-25-31-45)62(81)73-35-27-32-49(73)56(75)66-46/h18-25,28-31,40-43,46-50,52-55,84H,16-17,26-27,32-39H2,1-15H3,(H,66,75)(H,67,76)(H,68,77)/b19-18-/t43-,46+,47+,48+,49+,50+,52+,53+,54-,55-/m1/s1. The quantitative estimate of drug-likeness (QED) is 0.0871. The van der Waals surface area contributed by atoms with E-state index in [1.54, 1.807) is 96.1 Å². The largest absolute Gasteiger partial charge is 0.465 e. The molecule has 476 valence electrons. The number of ether oxygens (including phenoxy) is 2. The SMILES string of the molecule is CC/C=C\CCOC(=O)CC[C@@H]1NC(=O)[C@@H]2CCCN2C(=O)[C@H](Cc2ccccc2)N(C)C(=O)[C@H](Cc2ccccc2)NC(=O)[C@H](C(C)C)N(C)C(=O)[C@@H]([C@H](C)CC)OC(=O)[C@H](C(C)(C)O)N(C)C(=O)[C@H](CC(C)C)NC(=O)[C@H](C(C)C)N(C)C1=O. The molecule has 2 aromatic rings. The van der Waals surface area contributed by atoms with Gasteiger partial charge in [-0.2, -0.15) is 0 Å². The molecule has 2 aliphatic heterocycles. The van der Waals surface area contributed by atoms with Crippen molar-refractivity contribution in [3.63, 3.8) is 0 Å². The van der Waals surface area contributed by atoms with Crippen LogP contribution in [-0.4, -0.2) is 190 Å². The molecule has 2 aromatic carbocycles. The Balaban J connectivity index is 1.97. The Morgan fingerprint density at radius 3 is 1.70 bits per heavy atom. The van der Waals surface area contributed by atoms with Crippen molar-refractivity contribution in [1.82, 2.24) is 40.4 Å². The average Bonchev–Trinajstić information content (AvgIpc) is 2.03. The Hall–Kier alpha value is -7.16. The number of cyclic esters (lactones) is 1. The predicted molar refractivity (Wildman–Crippen MR) is 326 cm³/mol. The molecule has 0 aromatic heterocycles. The van der Waals surface area contributed by atoms with Crippen LogP contribution in [-0.2, 0) is 70.3 Å². The topological polar surface area (TPSA) is 262 Å². The van der Waals surface area contributed by atoms with Gasteiger partial charge in [-0.1, -0.05) is 135 Å². The molecule has 2 heterocycles. The van der Waals surface area contributed by atoms with Crippen LogP contribution in [0.1, 0.15) is 139 Å². The molecule has 0 bridgehead atoms. The zero-order chi connectivity index (χ0) is 64.3. The Labute approximate surface area is 509 Å². The molecule has 0 unspecified atom stereocenters. The van der Waals surface area contributed by atoms with Crippen LogP contribution < -0.4 is 16.0 Å². The highest BCUT2D eigenvalue weighted by Crippen LogP contribution is 2.27. The van der Waals surface area contributed by atoms with Crippen molar-refractivity contribution in [2.75, 3.05) is 41.3 Å². The first-order valence-corrected chi connectivity index (χ1v) is 30.6. The van der Waals surface area contributed by atoms with Gasteiger partial charge in [-0.15, -0.1) is 0 Å². The van der Waals surface area contributed by atoms with Crippen molar-refractivity contribution in [2.45, 2.75) is 200 Å². The normalized spacial score (nSPS) is 24.9. The Morgan fingerprint density at radius 1 is 0.663 bits per heavy atom. The van der Waals surface area contributed by atoms with Crippen LogP contribution in [0.25, 0.3) is 0 Å². The van der Waals surface area contributed by atoms with Gasteiger partial charge in [0, 0.05) is 59.9 Å². The number of rotatable bonds is 18. The Bertz CT molecular complexity index is 2660. The van der Waals surface area contributed by atoms with Crippen LogP contribution in [0.5, 0.6) is 0 Å². The van der Waals surface area contributed by atoms with Crippen LogP contribution in [0.3, 0.4) is 0 Å². The summed E-state index contributed by atoms with van der Waals surface area (Å²) < 4.78 is 11.6. The average molecular weight is 1200 g/mol. The predicted octanol–water partition coefficient (Wildman–Crippen LogP) is 5.01. The summed E-state index contributed by atoms with van der Waals surface area (Å²) in [7, 11) is 5.51. The number of aliphatic hydroxyl groups is 1. The molecular weight excluding hydrogens is 1100 g/mol. The molecule has 2 fully saturated rings. The first-order valence-electron chi connectivity index (χ1n) is 30.6. The summed E-state index contributed by atoms with van der Waals surface area (Å²) in [6, 6.07) is 7.12. The number of likely N-dealkylation sites (N-methyl/N-ethyl adjacent to an activating group) is 4. The summed E-state index contributed by atoms with van der Waals surface area (Å²) in [5.74, 6) is -9.68. The number of carbonyl (C=O) groups excluding carboxylic acids is 10. The van der Waals surface area contributed by atoms with Gasteiger partial charge in [-0.05, 0) is 87.7 Å². The molecule has 21 heteroatoms. The van der Waals surface area contributed by atoms with Gasteiger partial charge < -0.3 is 55.0 Å². The number of amides is 8. The molecule has 4 N–H and O–H groups in total. The van der Waals surface area contributed by atoms with E-state index in [9.17, 15) is 33.9 Å². The van der Waals surface area contributed by atoms with Crippen LogP contribution in [0.4, 0.5) is 0 Å². The fourth-order valence-electron chi connectivity index (χ4n) is 11.4. The number of esters is 2. The smallest absolute Gasteiger partial charge is 0.332 e. The molecule has 0 aliphatic carbocycles. The van der Waals surface area contributed by atoms with E-state index in [1.165, 1.54) is 56.7 Å². The third-order valence-electron chi connectivity index (χ3n) is 16.2. The van der Waals surface area contributed by atoms with Gasteiger partial charge in [0.15, 0.2) is 12.1 Å². The molecule has 10 atom stereocenters. The molecule has 2 saturated heterocycles. The molecule has 4 rings (SSSR count). The van der Waals surface area contributed by atoms with Crippen molar-refractivity contribution >= 4 is 59.2 Å². The third kappa shape index (κ3) is 19.4. The van der Waals surface area contributed by atoms with E-state index < -0.39 is 137 Å². The van der Waals surface area contributed by atoms with Gasteiger partial charge in [-0.3, -0.25) is 43.2 Å². The van der Waals surface area contributed by atoms with Crippen LogP contribution in [0, 0.1) is 23.7 Å². The fraction of sp³-hybridized carbons (Fsp3) is 0.631. The molecule has 8 amide bonds. The van der Waals surface area contributed by atoms with Crippen LogP contribution in [0.15, 0.2) is 72.8 Å². The van der Waals surface area contributed by atoms with Crippen molar-refractivity contribution in [3.8, 4) is 0 Å². The van der Waals surface area contributed by atoms with Gasteiger partial charge in [0.25, 0.3) is 5.91 Å². The number of benzene rings is 2. The molecule has 0 saturated carbocycles. The second-order valence-electron chi connectivity index (χ2n) is 24.8. The maximum absolute atomic E-state index is 15.4. The molecule has 21 nitrogen and oxygen atoms in total. The Kier molecular flexibility index (Phi) is 27.4. The first kappa shape index (κ1) is 71.3. The van der Waals surface area contributed by atoms with E-state index in [4.69, 9.17) is 9.47 Å².